The number of esters is 2. The summed E-state index contributed by atoms with van der Waals surface area (Å²) >= 11 is 0. The molecular weight excluding hydrogens is 506 g/mol. The second-order valence-electron chi connectivity index (χ2n) is 13.6. The van der Waals surface area contributed by atoms with Crippen LogP contribution in [0.25, 0.3) is 10.9 Å². The Labute approximate surface area is 235 Å². The van der Waals surface area contributed by atoms with Crippen molar-refractivity contribution >= 4 is 28.8 Å². The molecule has 2 N–H and O–H groups in total. The van der Waals surface area contributed by atoms with Crippen LogP contribution in [0.15, 0.2) is 17.7 Å². The lowest BCUT2D eigenvalue weighted by Crippen LogP contribution is -2.61. The van der Waals surface area contributed by atoms with Gasteiger partial charge in [-0.1, -0.05) is 38.8 Å². The molecule has 2 fully saturated rings. The van der Waals surface area contributed by atoms with Gasteiger partial charge in [-0.15, -0.1) is 0 Å². The molecule has 214 valence electrons. The highest BCUT2D eigenvalue weighted by Gasteiger charge is 2.66. The summed E-state index contributed by atoms with van der Waals surface area (Å²) in [5, 5.41) is 11.1. The van der Waals surface area contributed by atoms with E-state index in [0.717, 1.165) is 54.4 Å². The number of hydrogen-bond acceptors (Lipinski definition) is 5. The Balaban J connectivity index is 1.68. The molecule has 6 atom stereocenters. The van der Waals surface area contributed by atoms with Gasteiger partial charge in [0, 0.05) is 34.9 Å². The number of aromatic nitrogens is 1. The minimum atomic E-state index is -0.741. The minimum absolute atomic E-state index is 0.0550. The fraction of sp³-hybridized carbons (Fsp3) is 0.606. The van der Waals surface area contributed by atoms with Crippen molar-refractivity contribution in [3.8, 4) is 5.75 Å². The first kappa shape index (κ1) is 27.1. The lowest BCUT2D eigenvalue weighted by molar-refractivity contribution is -0.171. The molecule has 7 rings (SSSR count). The highest BCUT2D eigenvalue weighted by Crippen LogP contribution is 2.73. The summed E-state index contributed by atoms with van der Waals surface area (Å²) in [4.78, 5) is 41.6. The Morgan fingerprint density at radius 2 is 1.85 bits per heavy atom. The number of aromatic amines is 1. The Morgan fingerprint density at radius 1 is 1.12 bits per heavy atom. The van der Waals surface area contributed by atoms with E-state index in [2.05, 4.69) is 31.8 Å². The fourth-order valence-corrected chi connectivity index (χ4v) is 9.91. The smallest absolute Gasteiger partial charge is 0.340 e. The van der Waals surface area contributed by atoms with Gasteiger partial charge in [0.15, 0.2) is 0 Å². The van der Waals surface area contributed by atoms with E-state index in [1.165, 1.54) is 19.6 Å². The number of ether oxygens (including phenoxy) is 2. The maximum Gasteiger partial charge on any atom is 0.340 e. The van der Waals surface area contributed by atoms with Crippen LogP contribution in [0.3, 0.4) is 0 Å². The molecule has 2 bridgehead atoms. The van der Waals surface area contributed by atoms with Crippen molar-refractivity contribution in [1.29, 1.82) is 0 Å². The van der Waals surface area contributed by atoms with Crippen LogP contribution in [0.4, 0.5) is 0 Å². The number of carboxylic acids is 1. The number of allylic oxidation sites excluding steroid dienone is 2. The van der Waals surface area contributed by atoms with Crippen molar-refractivity contribution < 1.29 is 29.0 Å². The molecule has 2 saturated carbocycles. The molecule has 1 heterocycles. The van der Waals surface area contributed by atoms with Gasteiger partial charge >= 0.3 is 17.9 Å². The number of carbonyl (C=O) groups is 3. The lowest BCUT2D eigenvalue weighted by atomic mass is 9.37. The summed E-state index contributed by atoms with van der Waals surface area (Å²) in [6.45, 7) is 12.1. The van der Waals surface area contributed by atoms with Crippen molar-refractivity contribution in [2.75, 3.05) is 7.11 Å². The first-order chi connectivity index (χ1) is 18.8. The van der Waals surface area contributed by atoms with Crippen LogP contribution in [-0.2, 0) is 19.7 Å². The minimum Gasteiger partial charge on any atom is -0.481 e. The van der Waals surface area contributed by atoms with Crippen LogP contribution in [0.1, 0.15) is 106 Å². The van der Waals surface area contributed by atoms with Crippen LogP contribution in [0, 0.1) is 35.5 Å². The summed E-state index contributed by atoms with van der Waals surface area (Å²) in [7, 11) is 1.38. The average molecular weight is 548 g/mol. The molecule has 1 aromatic carbocycles. The van der Waals surface area contributed by atoms with E-state index in [-0.39, 0.29) is 34.6 Å². The Hall–Kier alpha value is -3.09. The molecule has 7 heteroatoms. The zero-order valence-corrected chi connectivity index (χ0v) is 24.7. The maximum absolute atomic E-state index is 12.9. The van der Waals surface area contributed by atoms with Gasteiger partial charge in [-0.2, -0.15) is 0 Å². The topological polar surface area (TPSA) is 106 Å². The van der Waals surface area contributed by atoms with Crippen LogP contribution in [0.5, 0.6) is 5.75 Å². The lowest BCUT2D eigenvalue weighted by Gasteiger charge is -2.66. The summed E-state index contributed by atoms with van der Waals surface area (Å²) in [5.74, 6) is -0.276. The highest BCUT2D eigenvalue weighted by molar-refractivity contribution is 6.08. The average Bonchev–Trinajstić information content (AvgIpc) is 3.22. The number of H-pyrrole nitrogens is 1. The summed E-state index contributed by atoms with van der Waals surface area (Å²) in [6.07, 6.45) is 7.67. The molecule has 1 unspecified atom stereocenters. The molecule has 0 saturated heterocycles. The van der Waals surface area contributed by atoms with Crippen LogP contribution in [-0.4, -0.2) is 35.1 Å². The van der Waals surface area contributed by atoms with Gasteiger partial charge in [0.2, 0.25) is 0 Å². The molecule has 5 aliphatic rings. The van der Waals surface area contributed by atoms with Gasteiger partial charge in [-0.25, -0.2) is 4.79 Å². The summed E-state index contributed by atoms with van der Waals surface area (Å²) < 4.78 is 11.1. The first-order valence-corrected chi connectivity index (χ1v) is 14.7. The van der Waals surface area contributed by atoms with Gasteiger partial charge in [-0.05, 0) is 80.8 Å². The third-order valence-corrected chi connectivity index (χ3v) is 11.4. The van der Waals surface area contributed by atoms with Crippen molar-refractivity contribution in [1.82, 2.24) is 4.98 Å². The number of hydrogen-bond donors (Lipinski definition) is 2. The first-order valence-electron chi connectivity index (χ1n) is 14.7. The van der Waals surface area contributed by atoms with E-state index in [1.54, 1.807) is 0 Å². The van der Waals surface area contributed by atoms with Crippen molar-refractivity contribution in [3.05, 3.63) is 40.1 Å². The number of rotatable bonds is 4. The number of carbonyl (C=O) groups excluding carboxylic acids is 2. The Kier molecular flexibility index (Phi) is 5.90. The molecule has 5 aliphatic carbocycles. The Morgan fingerprint density at radius 3 is 2.48 bits per heavy atom. The maximum atomic E-state index is 12.9. The standard InChI is InChI=1S/C33H41NO6/c1-16(2)21-15-33-12-9-23-31(5,10-8-11-32(23,6)30(37)38)24(33)14-19(21)26-22(40-18(4)35)13-20-25(29(36)39-7)17(3)34-28(20)27(26)33/h13,15-16,19,23-24,34H,8-12,14H2,1-7H3,(H,37,38)/t19-,23+,24+,31-,32?,33-/m0/s1. The zero-order chi connectivity index (χ0) is 28.9. The van der Waals surface area contributed by atoms with Crippen molar-refractivity contribution in [2.45, 2.75) is 91.4 Å². The molecule has 40 heavy (non-hydrogen) atoms. The number of nitrogens with one attached hydrogen (secondary N) is 1. The zero-order valence-electron chi connectivity index (χ0n) is 24.7. The van der Waals surface area contributed by atoms with Crippen molar-refractivity contribution in [3.63, 3.8) is 0 Å². The molecule has 0 radical (unpaired) electrons. The van der Waals surface area contributed by atoms with E-state index in [1.807, 2.05) is 19.9 Å². The van der Waals surface area contributed by atoms with E-state index in [4.69, 9.17) is 9.47 Å². The Bertz CT molecular complexity index is 1500. The van der Waals surface area contributed by atoms with E-state index < -0.39 is 17.4 Å². The molecule has 1 aromatic heterocycles. The van der Waals surface area contributed by atoms with Crippen LogP contribution < -0.4 is 4.74 Å². The second kappa shape index (κ2) is 8.70. The molecule has 0 amide bonds. The van der Waals surface area contributed by atoms with Gasteiger partial charge < -0.3 is 19.6 Å². The van der Waals surface area contributed by atoms with Crippen molar-refractivity contribution in [2.24, 2.45) is 28.6 Å². The van der Waals surface area contributed by atoms with E-state index >= 15 is 0 Å². The predicted octanol–water partition coefficient (Wildman–Crippen LogP) is 6.82. The number of carboxylic acid groups (broad SMARTS) is 1. The SMILES string of the molecule is COC(=O)c1c(C)[nH]c2c3c(c(OC(C)=O)cc12)[C@H]1C[C@@H]2[C@@]4(C)CCCC(C)(C(=O)O)[C@@H]4CC[C@@]32C=C1C(C)C. The van der Waals surface area contributed by atoms with Gasteiger partial charge in [-0.3, -0.25) is 9.59 Å². The van der Waals surface area contributed by atoms with E-state index in [0.29, 0.717) is 29.0 Å². The largest absolute Gasteiger partial charge is 0.481 e. The van der Waals surface area contributed by atoms with Crippen LogP contribution >= 0.6 is 0 Å². The molecule has 7 nitrogen and oxygen atoms in total. The molecule has 1 spiro atoms. The number of fused-ring (bicyclic) bond motifs is 2. The van der Waals surface area contributed by atoms with Gasteiger partial charge in [0.25, 0.3) is 0 Å². The number of aliphatic carboxylic acids is 1. The quantitative estimate of drug-likeness (QED) is 0.247. The number of aryl methyl sites for hydroxylation is 1. The summed E-state index contributed by atoms with van der Waals surface area (Å²) in [5.41, 5.74) is 4.40. The third kappa shape index (κ3) is 3.32. The monoisotopic (exact) mass is 547 g/mol. The molecule has 2 aromatic rings. The molecular formula is C33H41NO6. The molecule has 0 aliphatic heterocycles. The third-order valence-electron chi connectivity index (χ3n) is 11.4. The van der Waals surface area contributed by atoms with E-state index in [9.17, 15) is 19.5 Å². The van der Waals surface area contributed by atoms with Gasteiger partial charge in [0.05, 0.1) is 23.6 Å². The predicted molar refractivity (Wildman–Crippen MR) is 152 cm³/mol. The second-order valence-corrected chi connectivity index (χ2v) is 13.6. The highest BCUT2D eigenvalue weighted by atomic mass is 16.5. The van der Waals surface area contributed by atoms with Gasteiger partial charge in [0.1, 0.15) is 5.75 Å². The normalized spacial score (nSPS) is 34.1. The number of benzene rings is 1. The fourth-order valence-electron chi connectivity index (χ4n) is 9.91. The van der Waals surface area contributed by atoms with Crippen LogP contribution in [0.2, 0.25) is 0 Å². The summed E-state index contributed by atoms with van der Waals surface area (Å²) in [6, 6.07) is 1.85. The number of methoxy groups -OCH3 is 1.